The third-order valence-corrected chi connectivity index (χ3v) is 4.30. The first-order chi connectivity index (χ1) is 9.10. The Morgan fingerprint density at radius 3 is 2.10 bits per heavy atom. The molecule has 114 valence electrons. The van der Waals surface area contributed by atoms with Crippen molar-refractivity contribution in [3.05, 3.63) is 11.1 Å². The second-order valence-electron chi connectivity index (χ2n) is 4.00. The Bertz CT molecular complexity index is 535. The highest BCUT2D eigenvalue weighted by atomic mass is 32.2. The first-order valence-corrected chi connectivity index (χ1v) is 7.63. The molecule has 0 spiro atoms. The van der Waals surface area contributed by atoms with Crippen molar-refractivity contribution in [3.8, 4) is 0 Å². The zero-order valence-corrected chi connectivity index (χ0v) is 12.3. The maximum absolute atomic E-state index is 11.5. The van der Waals surface area contributed by atoms with Gasteiger partial charge in [0.15, 0.2) is 9.84 Å². The van der Waals surface area contributed by atoms with Gasteiger partial charge in [0, 0.05) is 23.4 Å². The zero-order chi connectivity index (χ0) is 15.9. The molecule has 0 bridgehead atoms. The molecule has 3 N–H and O–H groups in total. The van der Waals surface area contributed by atoms with Crippen LogP contribution in [-0.2, 0) is 19.4 Å². The minimum Gasteiger partial charge on any atom is -0.478 e. The number of amides is 3. The molecular weight excluding hydrogens is 288 g/mol. The Labute approximate surface area is 117 Å². The van der Waals surface area contributed by atoms with E-state index in [1.54, 1.807) is 0 Å². The number of nitrogens with one attached hydrogen (secondary N) is 2. The predicted octanol–water partition coefficient (Wildman–Crippen LogP) is -0.332. The molecule has 0 unspecified atom stereocenters. The lowest BCUT2D eigenvalue weighted by Gasteiger charge is -2.07. The van der Waals surface area contributed by atoms with Gasteiger partial charge in [-0.25, -0.2) is 18.0 Å². The van der Waals surface area contributed by atoms with Gasteiger partial charge in [-0.2, -0.15) is 0 Å². The molecule has 0 saturated carbocycles. The summed E-state index contributed by atoms with van der Waals surface area (Å²) in [6.07, 6.45) is 0. The summed E-state index contributed by atoms with van der Waals surface area (Å²) in [5, 5.41) is 12.8. The first-order valence-electron chi connectivity index (χ1n) is 5.81. The normalized spacial score (nSPS) is 12.3. The number of carboxylic acids is 1. The SMILES string of the molecule is CCS(=O)(=O)CCNC(=O)NC(=O)C(C)=C(C)C(=O)O. The fraction of sp³-hybridized carbons (Fsp3) is 0.545. The van der Waals surface area contributed by atoms with Gasteiger partial charge in [0.05, 0.1) is 5.75 Å². The number of aliphatic carboxylic acids is 1. The van der Waals surface area contributed by atoms with Crippen LogP contribution in [0, 0.1) is 0 Å². The van der Waals surface area contributed by atoms with Crippen LogP contribution >= 0.6 is 0 Å². The van der Waals surface area contributed by atoms with Crippen molar-refractivity contribution < 1.29 is 27.9 Å². The van der Waals surface area contributed by atoms with Crippen LogP contribution in [0.5, 0.6) is 0 Å². The lowest BCUT2D eigenvalue weighted by Crippen LogP contribution is -2.42. The summed E-state index contributed by atoms with van der Waals surface area (Å²) >= 11 is 0. The quantitative estimate of drug-likeness (QED) is 0.576. The van der Waals surface area contributed by atoms with Gasteiger partial charge in [-0.3, -0.25) is 10.1 Å². The summed E-state index contributed by atoms with van der Waals surface area (Å²) in [5.74, 6) is -2.36. The maximum Gasteiger partial charge on any atom is 0.331 e. The molecule has 0 heterocycles. The summed E-state index contributed by atoms with van der Waals surface area (Å²) in [6, 6.07) is -0.876. The molecule has 0 aromatic carbocycles. The van der Waals surface area contributed by atoms with Crippen LogP contribution in [0.25, 0.3) is 0 Å². The fourth-order valence-electron chi connectivity index (χ4n) is 1.04. The van der Waals surface area contributed by atoms with Gasteiger partial charge in [-0.15, -0.1) is 0 Å². The highest BCUT2D eigenvalue weighted by Gasteiger charge is 2.15. The molecular formula is C11H18N2O6S. The second kappa shape index (κ2) is 7.63. The van der Waals surface area contributed by atoms with Crippen LogP contribution < -0.4 is 10.6 Å². The summed E-state index contributed by atoms with van der Waals surface area (Å²) < 4.78 is 22.3. The van der Waals surface area contributed by atoms with E-state index < -0.39 is 27.7 Å². The summed E-state index contributed by atoms with van der Waals surface area (Å²) in [7, 11) is -3.20. The van der Waals surface area contributed by atoms with Crippen molar-refractivity contribution in [3.63, 3.8) is 0 Å². The van der Waals surface area contributed by atoms with Gasteiger partial charge in [0.1, 0.15) is 0 Å². The first kappa shape index (κ1) is 18.1. The van der Waals surface area contributed by atoms with E-state index in [4.69, 9.17) is 5.11 Å². The predicted molar refractivity (Wildman–Crippen MR) is 71.9 cm³/mol. The van der Waals surface area contributed by atoms with Gasteiger partial charge in [0.25, 0.3) is 5.91 Å². The van der Waals surface area contributed by atoms with Crippen LogP contribution in [0.15, 0.2) is 11.1 Å². The topological polar surface area (TPSA) is 130 Å². The monoisotopic (exact) mass is 306 g/mol. The molecule has 0 aromatic rings. The van der Waals surface area contributed by atoms with E-state index in [-0.39, 0.29) is 29.2 Å². The summed E-state index contributed by atoms with van der Waals surface area (Å²) in [5.41, 5.74) is -0.280. The number of rotatable bonds is 6. The van der Waals surface area contributed by atoms with E-state index in [1.165, 1.54) is 20.8 Å². The van der Waals surface area contributed by atoms with Gasteiger partial charge in [-0.05, 0) is 13.8 Å². The number of carboxylic acid groups (broad SMARTS) is 1. The number of hydrogen-bond acceptors (Lipinski definition) is 5. The van der Waals surface area contributed by atoms with E-state index in [0.717, 1.165) is 0 Å². The Kier molecular flexibility index (Phi) is 6.91. The minimum atomic E-state index is -3.20. The molecule has 0 aliphatic rings. The van der Waals surface area contributed by atoms with Crippen LogP contribution in [0.4, 0.5) is 4.79 Å². The summed E-state index contributed by atoms with van der Waals surface area (Å²) in [4.78, 5) is 33.5. The number of imide groups is 1. The highest BCUT2D eigenvalue weighted by molar-refractivity contribution is 7.91. The van der Waals surface area contributed by atoms with Crippen LogP contribution in [0.2, 0.25) is 0 Å². The van der Waals surface area contributed by atoms with Crippen molar-refractivity contribution in [1.29, 1.82) is 0 Å². The van der Waals surface area contributed by atoms with Gasteiger partial charge in [-0.1, -0.05) is 6.92 Å². The number of sulfone groups is 1. The molecule has 0 atom stereocenters. The second-order valence-corrected chi connectivity index (χ2v) is 6.47. The van der Waals surface area contributed by atoms with Gasteiger partial charge < -0.3 is 10.4 Å². The van der Waals surface area contributed by atoms with E-state index in [1.807, 2.05) is 5.32 Å². The molecule has 20 heavy (non-hydrogen) atoms. The van der Waals surface area contributed by atoms with E-state index in [0.29, 0.717) is 0 Å². The van der Waals surface area contributed by atoms with Crippen molar-refractivity contribution in [1.82, 2.24) is 10.6 Å². The molecule has 0 aliphatic carbocycles. The van der Waals surface area contributed by atoms with E-state index in [2.05, 4.69) is 5.32 Å². The molecule has 0 radical (unpaired) electrons. The molecule has 0 rings (SSSR count). The Morgan fingerprint density at radius 2 is 1.65 bits per heavy atom. The molecule has 0 fully saturated rings. The number of carbonyl (C=O) groups is 3. The minimum absolute atomic E-state index is 0.0329. The van der Waals surface area contributed by atoms with Crippen molar-refractivity contribution >= 4 is 27.7 Å². The largest absolute Gasteiger partial charge is 0.478 e. The van der Waals surface area contributed by atoms with Crippen molar-refractivity contribution in [2.24, 2.45) is 0 Å². The van der Waals surface area contributed by atoms with Gasteiger partial charge in [0.2, 0.25) is 0 Å². The number of hydrogen-bond donors (Lipinski definition) is 3. The number of carbonyl (C=O) groups excluding carboxylic acids is 2. The highest BCUT2D eigenvalue weighted by Crippen LogP contribution is 2.03. The zero-order valence-electron chi connectivity index (χ0n) is 11.5. The van der Waals surface area contributed by atoms with Gasteiger partial charge >= 0.3 is 12.0 Å². The molecule has 8 nitrogen and oxygen atoms in total. The molecule has 0 aliphatic heterocycles. The molecule has 0 saturated heterocycles. The van der Waals surface area contributed by atoms with Crippen molar-refractivity contribution in [2.45, 2.75) is 20.8 Å². The Hall–Kier alpha value is -1.90. The Morgan fingerprint density at radius 1 is 1.10 bits per heavy atom. The lowest BCUT2D eigenvalue weighted by atomic mass is 10.1. The fourth-order valence-corrected chi connectivity index (χ4v) is 1.74. The third-order valence-electron chi connectivity index (χ3n) is 2.59. The summed E-state index contributed by atoms with van der Waals surface area (Å²) in [6.45, 7) is 3.87. The average Bonchev–Trinajstić information content (AvgIpc) is 2.36. The lowest BCUT2D eigenvalue weighted by molar-refractivity contribution is -0.133. The van der Waals surface area contributed by atoms with Crippen LogP contribution in [0.1, 0.15) is 20.8 Å². The maximum atomic E-state index is 11.5. The Balaban J connectivity index is 4.40. The van der Waals surface area contributed by atoms with Crippen LogP contribution in [-0.4, -0.2) is 49.5 Å². The van der Waals surface area contributed by atoms with Crippen LogP contribution in [0.3, 0.4) is 0 Å². The molecule has 9 heteroatoms. The average molecular weight is 306 g/mol. The molecule has 3 amide bonds. The smallest absolute Gasteiger partial charge is 0.331 e. The van der Waals surface area contributed by atoms with E-state index in [9.17, 15) is 22.8 Å². The van der Waals surface area contributed by atoms with Crippen molar-refractivity contribution in [2.75, 3.05) is 18.1 Å². The standard InChI is InChI=1S/C11H18N2O6S/c1-4-20(18,19)6-5-12-11(17)13-9(14)7(2)8(3)10(15)16/h4-6H2,1-3H3,(H,15,16)(H2,12,13,14,17). The molecule has 0 aromatic heterocycles. The third kappa shape index (κ3) is 6.32. The van der Waals surface area contributed by atoms with E-state index >= 15 is 0 Å². The number of urea groups is 1.